The van der Waals surface area contributed by atoms with E-state index >= 15 is 0 Å². The van der Waals surface area contributed by atoms with E-state index in [2.05, 4.69) is 5.32 Å². The second-order valence-electron chi connectivity index (χ2n) is 8.15. The number of rotatable bonds is 6. The summed E-state index contributed by atoms with van der Waals surface area (Å²) in [6.07, 6.45) is -0.120. The average Bonchev–Trinajstić information content (AvgIpc) is 2.59. The van der Waals surface area contributed by atoms with Gasteiger partial charge in [0.05, 0.1) is 10.8 Å². The van der Waals surface area contributed by atoms with E-state index in [4.69, 9.17) is 4.74 Å². The Morgan fingerprint density at radius 1 is 1.07 bits per heavy atom. The van der Waals surface area contributed by atoms with Crippen molar-refractivity contribution in [2.75, 3.05) is 13.1 Å². The van der Waals surface area contributed by atoms with Crippen LogP contribution in [0.2, 0.25) is 0 Å². The molecule has 0 radical (unpaired) electrons. The quantitative estimate of drug-likeness (QED) is 0.708. The molecule has 1 fully saturated rings. The Labute approximate surface area is 173 Å². The molecule has 1 aromatic carbocycles. The molecular weight excluding hydrogens is 392 g/mol. The van der Waals surface area contributed by atoms with Crippen LogP contribution in [0, 0.1) is 26.7 Å². The first-order valence-electron chi connectivity index (χ1n) is 10.0. The summed E-state index contributed by atoms with van der Waals surface area (Å²) in [7, 11) is -3.62. The molecule has 1 unspecified atom stereocenters. The minimum Gasteiger partial charge on any atom is -0.452 e. The summed E-state index contributed by atoms with van der Waals surface area (Å²) in [5.41, 5.74) is 2.49. The molecule has 1 N–H and O–H groups in total. The number of nitrogens with one attached hydrogen (secondary N) is 1. The van der Waals surface area contributed by atoms with Crippen molar-refractivity contribution in [2.24, 2.45) is 5.92 Å². The Balaban J connectivity index is 2.01. The Hall–Kier alpha value is -1.93. The first-order valence-corrected chi connectivity index (χ1v) is 11.5. The number of benzene rings is 1. The summed E-state index contributed by atoms with van der Waals surface area (Å²) in [5, 5.41) is 2.71. The third kappa shape index (κ3) is 5.57. The highest BCUT2D eigenvalue weighted by atomic mass is 32.2. The van der Waals surface area contributed by atoms with E-state index in [1.54, 1.807) is 13.8 Å². The number of ether oxygens (including phenoxy) is 1. The summed E-state index contributed by atoms with van der Waals surface area (Å²) in [6, 6.07) is 3.70. The normalized spacial score (nSPS) is 17.2. The smallest absolute Gasteiger partial charge is 0.309 e. The Bertz CT molecular complexity index is 848. The monoisotopic (exact) mass is 424 g/mol. The van der Waals surface area contributed by atoms with Crippen molar-refractivity contribution in [3.8, 4) is 0 Å². The van der Waals surface area contributed by atoms with Gasteiger partial charge in [-0.1, -0.05) is 17.7 Å². The van der Waals surface area contributed by atoms with Gasteiger partial charge < -0.3 is 10.1 Å². The number of piperidine rings is 1. The molecule has 1 amide bonds. The van der Waals surface area contributed by atoms with Crippen LogP contribution in [0.15, 0.2) is 17.0 Å². The van der Waals surface area contributed by atoms with Gasteiger partial charge in [0.15, 0.2) is 6.10 Å². The highest BCUT2D eigenvalue weighted by molar-refractivity contribution is 7.89. The summed E-state index contributed by atoms with van der Waals surface area (Å²) in [4.78, 5) is 24.7. The average molecular weight is 425 g/mol. The minimum absolute atomic E-state index is 0.0363. The van der Waals surface area contributed by atoms with Gasteiger partial charge in [-0.25, -0.2) is 8.42 Å². The lowest BCUT2D eigenvalue weighted by atomic mass is 9.98. The molecule has 1 aromatic rings. The molecule has 1 atom stereocenters. The molecule has 7 nitrogen and oxygen atoms in total. The van der Waals surface area contributed by atoms with Gasteiger partial charge in [-0.15, -0.1) is 0 Å². The fourth-order valence-electron chi connectivity index (χ4n) is 3.76. The predicted octanol–water partition coefficient (Wildman–Crippen LogP) is 2.47. The first-order chi connectivity index (χ1) is 13.4. The van der Waals surface area contributed by atoms with Crippen LogP contribution in [0.25, 0.3) is 0 Å². The van der Waals surface area contributed by atoms with Crippen molar-refractivity contribution in [2.45, 2.75) is 71.4 Å². The number of aryl methyl sites for hydroxylation is 3. The zero-order valence-electron chi connectivity index (χ0n) is 18.1. The van der Waals surface area contributed by atoms with Gasteiger partial charge in [0.2, 0.25) is 10.0 Å². The molecule has 0 aromatic heterocycles. The fourth-order valence-corrected chi connectivity index (χ4v) is 5.64. The molecule has 1 heterocycles. The molecule has 0 spiro atoms. The molecule has 1 aliphatic heterocycles. The minimum atomic E-state index is -3.62. The van der Waals surface area contributed by atoms with Crippen LogP contribution < -0.4 is 5.32 Å². The third-order valence-electron chi connectivity index (χ3n) is 5.08. The molecule has 1 aliphatic rings. The van der Waals surface area contributed by atoms with Gasteiger partial charge in [0, 0.05) is 19.1 Å². The third-order valence-corrected chi connectivity index (χ3v) is 7.29. The van der Waals surface area contributed by atoms with E-state index in [1.807, 2.05) is 32.9 Å². The van der Waals surface area contributed by atoms with Crippen LogP contribution in [-0.4, -0.2) is 49.8 Å². The number of carbonyl (C=O) groups is 2. The van der Waals surface area contributed by atoms with Crippen molar-refractivity contribution >= 4 is 21.9 Å². The number of hydrogen-bond acceptors (Lipinski definition) is 5. The molecule has 0 aliphatic carbocycles. The second-order valence-corrected chi connectivity index (χ2v) is 10.0. The second kappa shape index (κ2) is 9.26. The van der Waals surface area contributed by atoms with Gasteiger partial charge in [0.25, 0.3) is 5.91 Å². The van der Waals surface area contributed by atoms with Gasteiger partial charge >= 0.3 is 5.97 Å². The maximum atomic E-state index is 13.1. The summed E-state index contributed by atoms with van der Waals surface area (Å²) < 4.78 is 33.0. The lowest BCUT2D eigenvalue weighted by molar-refractivity contribution is -0.160. The van der Waals surface area contributed by atoms with Crippen LogP contribution in [-0.2, 0) is 24.3 Å². The summed E-state index contributed by atoms with van der Waals surface area (Å²) in [6.45, 7) is 11.3. The standard InChI is InChI=1S/C21H32N2O5S/c1-13(2)22-20(24)17(6)28-21(25)18-7-9-23(10-8-18)29(26,27)19-15(4)11-14(3)12-16(19)5/h11-13,17-18H,7-10H2,1-6H3,(H,22,24). The Morgan fingerprint density at radius 2 is 1.59 bits per heavy atom. The van der Waals surface area contributed by atoms with Crippen molar-refractivity contribution in [1.82, 2.24) is 9.62 Å². The molecule has 2 rings (SSSR count). The molecule has 1 saturated heterocycles. The predicted molar refractivity (Wildman–Crippen MR) is 111 cm³/mol. The number of esters is 1. The van der Waals surface area contributed by atoms with Crippen LogP contribution in [0.1, 0.15) is 50.3 Å². The number of sulfonamides is 1. The van der Waals surface area contributed by atoms with Gasteiger partial charge in [0.1, 0.15) is 0 Å². The molecule has 0 bridgehead atoms. The van der Waals surface area contributed by atoms with Crippen LogP contribution >= 0.6 is 0 Å². The van der Waals surface area contributed by atoms with E-state index in [-0.39, 0.29) is 25.0 Å². The highest BCUT2D eigenvalue weighted by Gasteiger charge is 2.35. The Kier molecular flexibility index (Phi) is 7.45. The maximum Gasteiger partial charge on any atom is 0.309 e. The Morgan fingerprint density at radius 3 is 2.07 bits per heavy atom. The molecule has 0 saturated carbocycles. The van der Waals surface area contributed by atoms with Crippen molar-refractivity contribution in [3.63, 3.8) is 0 Å². The zero-order chi connectivity index (χ0) is 21.9. The number of carbonyl (C=O) groups excluding carboxylic acids is 2. The number of nitrogens with zero attached hydrogens (tertiary/aromatic N) is 1. The van der Waals surface area contributed by atoms with E-state index in [9.17, 15) is 18.0 Å². The number of hydrogen-bond donors (Lipinski definition) is 1. The van der Waals surface area contributed by atoms with Gasteiger partial charge in [-0.3, -0.25) is 9.59 Å². The van der Waals surface area contributed by atoms with Crippen molar-refractivity contribution in [3.05, 3.63) is 28.8 Å². The largest absolute Gasteiger partial charge is 0.452 e. The van der Waals surface area contributed by atoms with Crippen molar-refractivity contribution < 1.29 is 22.7 Å². The van der Waals surface area contributed by atoms with E-state index in [1.165, 1.54) is 11.2 Å². The van der Waals surface area contributed by atoms with Crippen molar-refractivity contribution in [1.29, 1.82) is 0 Å². The van der Waals surface area contributed by atoms with Crippen LogP contribution in [0.4, 0.5) is 0 Å². The molecular formula is C21H32N2O5S. The maximum absolute atomic E-state index is 13.1. The SMILES string of the molecule is Cc1cc(C)c(S(=O)(=O)N2CCC(C(=O)OC(C)C(=O)NC(C)C)CC2)c(C)c1. The summed E-state index contributed by atoms with van der Waals surface area (Å²) in [5.74, 6) is -1.19. The van der Waals surface area contributed by atoms with Crippen LogP contribution in [0.3, 0.4) is 0 Å². The highest BCUT2D eigenvalue weighted by Crippen LogP contribution is 2.29. The zero-order valence-corrected chi connectivity index (χ0v) is 18.9. The van der Waals surface area contributed by atoms with E-state index < -0.39 is 28.0 Å². The topological polar surface area (TPSA) is 92.8 Å². The van der Waals surface area contributed by atoms with Crippen LogP contribution in [0.5, 0.6) is 0 Å². The fraction of sp³-hybridized carbons (Fsp3) is 0.619. The lowest BCUT2D eigenvalue weighted by Gasteiger charge is -2.31. The van der Waals surface area contributed by atoms with E-state index in [0.29, 0.717) is 17.7 Å². The van der Waals surface area contributed by atoms with Gasteiger partial charge in [-0.2, -0.15) is 4.31 Å². The lowest BCUT2D eigenvalue weighted by Crippen LogP contribution is -2.43. The van der Waals surface area contributed by atoms with E-state index in [0.717, 1.165) is 16.7 Å². The molecule has 29 heavy (non-hydrogen) atoms. The summed E-state index contributed by atoms with van der Waals surface area (Å²) >= 11 is 0. The molecule has 162 valence electrons. The first kappa shape index (κ1) is 23.3. The van der Waals surface area contributed by atoms with Gasteiger partial charge in [-0.05, 0) is 65.5 Å². The number of amides is 1. The molecule has 8 heteroatoms.